The summed E-state index contributed by atoms with van der Waals surface area (Å²) in [6.07, 6.45) is 4.56. The van der Waals surface area contributed by atoms with Gasteiger partial charge in [0.2, 0.25) is 0 Å². The Morgan fingerprint density at radius 2 is 2.12 bits per heavy atom. The van der Waals surface area contributed by atoms with Gasteiger partial charge in [0, 0.05) is 11.1 Å². The maximum absolute atomic E-state index is 12.4. The summed E-state index contributed by atoms with van der Waals surface area (Å²) in [6, 6.07) is 5.87. The van der Waals surface area contributed by atoms with Crippen molar-refractivity contribution in [2.24, 2.45) is 0 Å². The molecule has 3 rings (SSSR count). The van der Waals surface area contributed by atoms with Crippen LogP contribution in [-0.4, -0.2) is 16.9 Å². The second-order valence-corrected chi connectivity index (χ2v) is 7.67. The molecule has 0 bridgehead atoms. The molecule has 0 saturated heterocycles. The van der Waals surface area contributed by atoms with E-state index in [1.54, 1.807) is 0 Å². The fraction of sp³-hybridized carbons (Fsp3) is 0.444. The standard InChI is InChI=1S/C18H21ClN2O2S/c1-11-9-14(7-8-15(11)19)23-10-16-20-12(2)17(24-16)18(22)21-13-5-3-4-6-13/h7-9,13H,3-6,10H2,1-2H3,(H,21,22). The van der Waals surface area contributed by atoms with Crippen LogP contribution < -0.4 is 10.1 Å². The number of nitrogens with one attached hydrogen (secondary N) is 1. The summed E-state index contributed by atoms with van der Waals surface area (Å²) in [5.74, 6) is 0.743. The van der Waals surface area contributed by atoms with Gasteiger partial charge in [0.1, 0.15) is 22.2 Å². The highest BCUT2D eigenvalue weighted by atomic mass is 35.5. The van der Waals surface area contributed by atoms with Crippen molar-refractivity contribution in [1.29, 1.82) is 0 Å². The number of ether oxygens (including phenoxy) is 1. The zero-order valence-corrected chi connectivity index (χ0v) is 15.5. The van der Waals surface area contributed by atoms with Gasteiger partial charge in [-0.15, -0.1) is 11.3 Å². The van der Waals surface area contributed by atoms with Crippen LogP contribution in [0, 0.1) is 13.8 Å². The third kappa shape index (κ3) is 4.08. The van der Waals surface area contributed by atoms with Gasteiger partial charge in [-0.25, -0.2) is 4.98 Å². The van der Waals surface area contributed by atoms with Gasteiger partial charge in [-0.05, 0) is 50.5 Å². The van der Waals surface area contributed by atoms with Gasteiger partial charge in [-0.3, -0.25) is 4.79 Å². The smallest absolute Gasteiger partial charge is 0.263 e. The molecule has 1 aliphatic carbocycles. The van der Waals surface area contributed by atoms with E-state index in [0.29, 0.717) is 17.5 Å². The van der Waals surface area contributed by atoms with Crippen LogP contribution in [0.15, 0.2) is 18.2 Å². The molecule has 1 fully saturated rings. The molecule has 0 aliphatic heterocycles. The first kappa shape index (κ1) is 17.2. The fourth-order valence-corrected chi connectivity index (χ4v) is 3.90. The summed E-state index contributed by atoms with van der Waals surface area (Å²) < 4.78 is 5.77. The molecule has 6 heteroatoms. The van der Waals surface area contributed by atoms with Crippen LogP contribution in [0.2, 0.25) is 5.02 Å². The Kier molecular flexibility index (Phi) is 5.41. The molecule has 128 valence electrons. The van der Waals surface area contributed by atoms with Gasteiger partial charge < -0.3 is 10.1 Å². The quantitative estimate of drug-likeness (QED) is 0.839. The molecule has 0 atom stereocenters. The van der Waals surface area contributed by atoms with E-state index < -0.39 is 0 Å². The maximum Gasteiger partial charge on any atom is 0.263 e. The number of nitrogens with zero attached hydrogens (tertiary/aromatic N) is 1. The van der Waals surface area contributed by atoms with Gasteiger partial charge in [-0.2, -0.15) is 0 Å². The van der Waals surface area contributed by atoms with Crippen LogP contribution in [0.1, 0.15) is 51.6 Å². The number of halogens is 1. The summed E-state index contributed by atoms with van der Waals surface area (Å²) >= 11 is 7.42. The lowest BCUT2D eigenvalue weighted by Crippen LogP contribution is -2.32. The number of hydrogen-bond donors (Lipinski definition) is 1. The summed E-state index contributed by atoms with van der Waals surface area (Å²) in [5.41, 5.74) is 1.74. The Bertz CT molecular complexity index is 739. The van der Waals surface area contributed by atoms with Crippen molar-refractivity contribution in [3.63, 3.8) is 0 Å². The monoisotopic (exact) mass is 364 g/mol. The van der Waals surface area contributed by atoms with Crippen LogP contribution in [0.25, 0.3) is 0 Å². The first-order chi connectivity index (χ1) is 11.5. The zero-order valence-electron chi connectivity index (χ0n) is 13.9. The molecule has 2 aromatic rings. The topological polar surface area (TPSA) is 51.2 Å². The van der Waals surface area contributed by atoms with Crippen molar-refractivity contribution in [2.45, 2.75) is 52.2 Å². The Morgan fingerprint density at radius 1 is 1.38 bits per heavy atom. The van der Waals surface area contributed by atoms with Gasteiger partial charge in [0.25, 0.3) is 5.91 Å². The average Bonchev–Trinajstić information content (AvgIpc) is 3.18. The number of carbonyl (C=O) groups excluding carboxylic acids is 1. The van der Waals surface area contributed by atoms with Crippen LogP contribution in [0.4, 0.5) is 0 Å². The molecule has 0 unspecified atom stereocenters. The van der Waals surface area contributed by atoms with E-state index in [1.807, 2.05) is 32.0 Å². The minimum Gasteiger partial charge on any atom is -0.486 e. The number of thiazole rings is 1. The number of benzene rings is 1. The SMILES string of the molecule is Cc1cc(OCc2nc(C)c(C(=O)NC3CCCC3)s2)ccc1Cl. The lowest BCUT2D eigenvalue weighted by Gasteiger charge is -2.10. The molecule has 24 heavy (non-hydrogen) atoms. The van der Waals surface area contributed by atoms with Gasteiger partial charge in [0.05, 0.1) is 5.69 Å². The molecular weight excluding hydrogens is 344 g/mol. The summed E-state index contributed by atoms with van der Waals surface area (Å²) in [5, 5.41) is 4.64. The van der Waals surface area contributed by atoms with E-state index in [9.17, 15) is 4.79 Å². The molecule has 0 spiro atoms. The number of amides is 1. The van der Waals surface area contributed by atoms with Crippen LogP contribution in [-0.2, 0) is 6.61 Å². The molecule has 4 nitrogen and oxygen atoms in total. The number of hydrogen-bond acceptors (Lipinski definition) is 4. The Labute approximate surface area is 151 Å². The van der Waals surface area contributed by atoms with Crippen LogP contribution >= 0.6 is 22.9 Å². The largest absolute Gasteiger partial charge is 0.486 e. The highest BCUT2D eigenvalue weighted by molar-refractivity contribution is 7.13. The second-order valence-electron chi connectivity index (χ2n) is 6.18. The molecule has 1 saturated carbocycles. The van der Waals surface area contributed by atoms with E-state index >= 15 is 0 Å². The summed E-state index contributed by atoms with van der Waals surface area (Å²) in [4.78, 5) is 17.6. The molecule has 1 heterocycles. The fourth-order valence-electron chi connectivity index (χ4n) is 2.90. The van der Waals surface area contributed by atoms with E-state index in [0.717, 1.165) is 39.9 Å². The van der Waals surface area contributed by atoms with Crippen LogP contribution in [0.5, 0.6) is 5.75 Å². The van der Waals surface area contributed by atoms with Crippen molar-refractivity contribution in [2.75, 3.05) is 0 Å². The van der Waals surface area contributed by atoms with Crippen LogP contribution in [0.3, 0.4) is 0 Å². The lowest BCUT2D eigenvalue weighted by molar-refractivity contribution is 0.0941. The molecule has 1 aromatic heterocycles. The van der Waals surface area contributed by atoms with E-state index in [4.69, 9.17) is 16.3 Å². The molecule has 1 aromatic carbocycles. The third-order valence-electron chi connectivity index (χ3n) is 4.23. The Hall–Kier alpha value is -1.59. The van der Waals surface area contributed by atoms with E-state index in [-0.39, 0.29) is 5.91 Å². The Morgan fingerprint density at radius 3 is 2.83 bits per heavy atom. The van der Waals surface area contributed by atoms with Crippen molar-refractivity contribution >= 4 is 28.8 Å². The minimum absolute atomic E-state index is 0.00881. The van der Waals surface area contributed by atoms with Gasteiger partial charge >= 0.3 is 0 Å². The molecule has 0 radical (unpaired) electrons. The molecule has 1 N–H and O–H groups in total. The van der Waals surface area contributed by atoms with Gasteiger partial charge in [-0.1, -0.05) is 24.4 Å². The van der Waals surface area contributed by atoms with Crippen molar-refractivity contribution < 1.29 is 9.53 Å². The number of carbonyl (C=O) groups is 1. The molecular formula is C18H21ClN2O2S. The van der Waals surface area contributed by atoms with Gasteiger partial charge in [0.15, 0.2) is 0 Å². The second kappa shape index (κ2) is 7.53. The van der Waals surface area contributed by atoms with E-state index in [1.165, 1.54) is 24.2 Å². The highest BCUT2D eigenvalue weighted by Crippen LogP contribution is 2.24. The zero-order chi connectivity index (χ0) is 17.1. The molecule has 1 amide bonds. The predicted octanol–water partition coefficient (Wildman–Crippen LogP) is 4.66. The summed E-state index contributed by atoms with van der Waals surface area (Å²) in [7, 11) is 0. The maximum atomic E-state index is 12.4. The number of rotatable bonds is 5. The minimum atomic E-state index is -0.00881. The Balaban J connectivity index is 1.62. The lowest BCUT2D eigenvalue weighted by atomic mass is 10.2. The van der Waals surface area contributed by atoms with E-state index in [2.05, 4.69) is 10.3 Å². The first-order valence-corrected chi connectivity index (χ1v) is 9.38. The normalized spacial score (nSPS) is 14.8. The number of aromatic nitrogens is 1. The third-order valence-corrected chi connectivity index (χ3v) is 5.78. The average molecular weight is 365 g/mol. The van der Waals surface area contributed by atoms with Crippen molar-refractivity contribution in [3.8, 4) is 5.75 Å². The van der Waals surface area contributed by atoms with Crippen molar-refractivity contribution in [3.05, 3.63) is 44.4 Å². The van der Waals surface area contributed by atoms with Crippen molar-refractivity contribution in [1.82, 2.24) is 10.3 Å². The summed E-state index contributed by atoms with van der Waals surface area (Å²) in [6.45, 7) is 4.16. The highest BCUT2D eigenvalue weighted by Gasteiger charge is 2.21. The first-order valence-electron chi connectivity index (χ1n) is 8.19. The molecule has 1 aliphatic rings. The number of aryl methyl sites for hydroxylation is 2. The predicted molar refractivity (Wildman–Crippen MR) is 97.1 cm³/mol.